The molecule has 2 aromatic carbocycles. The predicted octanol–water partition coefficient (Wildman–Crippen LogP) is 3.30. The number of rotatable bonds is 4. The van der Waals surface area contributed by atoms with E-state index < -0.39 is 5.54 Å². The van der Waals surface area contributed by atoms with Gasteiger partial charge in [0.1, 0.15) is 5.82 Å². The van der Waals surface area contributed by atoms with Crippen LogP contribution in [0, 0.1) is 5.82 Å². The van der Waals surface area contributed by atoms with Crippen molar-refractivity contribution in [3.8, 4) is 0 Å². The third kappa shape index (κ3) is 2.48. The molecular weight excluding hydrogens is 303 g/mol. The van der Waals surface area contributed by atoms with Crippen LogP contribution < -0.4 is 5.32 Å². The van der Waals surface area contributed by atoms with Crippen LogP contribution in [0.1, 0.15) is 23.1 Å². The molecule has 1 aliphatic rings. The molecule has 0 bridgehead atoms. The molecule has 1 aromatic heterocycles. The van der Waals surface area contributed by atoms with E-state index in [0.717, 1.165) is 34.9 Å². The molecule has 4 heteroatoms. The van der Waals surface area contributed by atoms with Crippen LogP contribution in [0.25, 0.3) is 10.9 Å². The number of aryl methyl sites for hydroxylation is 1. The minimum atomic E-state index is -0.468. The number of aliphatic hydroxyl groups excluding tert-OH is 1. The van der Waals surface area contributed by atoms with Crippen molar-refractivity contribution in [3.05, 3.63) is 77.2 Å². The Bertz CT molecular complexity index is 896. The molecule has 2 N–H and O–H groups in total. The van der Waals surface area contributed by atoms with E-state index in [9.17, 15) is 9.50 Å². The van der Waals surface area contributed by atoms with Crippen LogP contribution in [0.3, 0.4) is 0 Å². The van der Waals surface area contributed by atoms with E-state index >= 15 is 0 Å². The molecule has 0 spiro atoms. The van der Waals surface area contributed by atoms with Crippen molar-refractivity contribution >= 4 is 10.9 Å². The number of nitrogens with one attached hydrogen (secondary N) is 1. The van der Waals surface area contributed by atoms with Gasteiger partial charge in [-0.3, -0.25) is 4.98 Å². The maximum Gasteiger partial charge on any atom is 0.124 e. The molecule has 3 aromatic rings. The summed E-state index contributed by atoms with van der Waals surface area (Å²) in [4.78, 5) is 4.39. The highest BCUT2D eigenvalue weighted by Crippen LogP contribution is 2.37. The molecule has 1 atom stereocenters. The third-order valence-corrected chi connectivity index (χ3v) is 4.99. The first-order valence-corrected chi connectivity index (χ1v) is 8.19. The minimum absolute atomic E-state index is 0.0185. The average Bonchev–Trinajstić information content (AvgIpc) is 2.99. The van der Waals surface area contributed by atoms with Crippen LogP contribution in [0.4, 0.5) is 4.39 Å². The zero-order valence-corrected chi connectivity index (χ0v) is 13.3. The van der Waals surface area contributed by atoms with Gasteiger partial charge in [0.15, 0.2) is 0 Å². The first kappa shape index (κ1) is 15.2. The molecule has 0 radical (unpaired) electrons. The number of hydrogen-bond acceptors (Lipinski definition) is 3. The Morgan fingerprint density at radius 2 is 2.04 bits per heavy atom. The van der Waals surface area contributed by atoms with Crippen LogP contribution in [0.15, 0.2) is 54.7 Å². The SMILES string of the molecule is OCC1(NCc2cc(F)cc3cccnc23)CCc2ccccc21. The van der Waals surface area contributed by atoms with E-state index in [1.54, 1.807) is 12.3 Å². The van der Waals surface area contributed by atoms with Gasteiger partial charge in [-0.15, -0.1) is 0 Å². The van der Waals surface area contributed by atoms with Gasteiger partial charge in [-0.05, 0) is 47.7 Å². The van der Waals surface area contributed by atoms with Crippen molar-refractivity contribution < 1.29 is 9.50 Å². The number of hydrogen-bond donors (Lipinski definition) is 2. The highest BCUT2D eigenvalue weighted by atomic mass is 19.1. The van der Waals surface area contributed by atoms with E-state index in [-0.39, 0.29) is 12.4 Å². The van der Waals surface area contributed by atoms with Gasteiger partial charge in [0.25, 0.3) is 0 Å². The highest BCUT2D eigenvalue weighted by molar-refractivity contribution is 5.81. The number of halogens is 1. The van der Waals surface area contributed by atoms with Crippen molar-refractivity contribution in [2.75, 3.05) is 6.61 Å². The lowest BCUT2D eigenvalue weighted by Gasteiger charge is -2.30. The fourth-order valence-corrected chi connectivity index (χ4v) is 3.72. The summed E-state index contributed by atoms with van der Waals surface area (Å²) < 4.78 is 13.9. The summed E-state index contributed by atoms with van der Waals surface area (Å²) in [6.07, 6.45) is 3.49. The van der Waals surface area contributed by atoms with Crippen LogP contribution >= 0.6 is 0 Å². The largest absolute Gasteiger partial charge is 0.394 e. The van der Waals surface area contributed by atoms with Crippen molar-refractivity contribution in [1.29, 1.82) is 0 Å². The Morgan fingerprint density at radius 3 is 2.92 bits per heavy atom. The summed E-state index contributed by atoms with van der Waals surface area (Å²) in [5.41, 5.74) is 3.54. The van der Waals surface area contributed by atoms with Gasteiger partial charge in [-0.1, -0.05) is 30.3 Å². The van der Waals surface area contributed by atoms with E-state index in [2.05, 4.69) is 22.4 Å². The standard InChI is InChI=1S/C20H19FN2O/c21-17-10-15-5-3-9-22-19(15)16(11-17)12-23-20(13-24)8-7-14-4-1-2-6-18(14)20/h1-6,9-11,23-24H,7-8,12-13H2. The third-order valence-electron chi connectivity index (χ3n) is 4.99. The van der Waals surface area contributed by atoms with Crippen molar-refractivity contribution in [1.82, 2.24) is 10.3 Å². The summed E-state index contributed by atoms with van der Waals surface area (Å²) in [6.45, 7) is 0.477. The number of benzene rings is 2. The molecule has 0 amide bonds. The van der Waals surface area contributed by atoms with E-state index in [1.807, 2.05) is 18.2 Å². The van der Waals surface area contributed by atoms with E-state index in [0.29, 0.717) is 6.54 Å². The highest BCUT2D eigenvalue weighted by Gasteiger charge is 2.37. The molecule has 4 rings (SSSR count). The maximum atomic E-state index is 13.9. The second-order valence-corrected chi connectivity index (χ2v) is 6.39. The first-order chi connectivity index (χ1) is 11.7. The monoisotopic (exact) mass is 322 g/mol. The Balaban J connectivity index is 1.68. The fraction of sp³-hybridized carbons (Fsp3) is 0.250. The molecule has 0 saturated carbocycles. The van der Waals surface area contributed by atoms with Gasteiger partial charge in [0, 0.05) is 18.1 Å². The lowest BCUT2D eigenvalue weighted by molar-refractivity contribution is 0.159. The molecule has 0 aliphatic heterocycles. The first-order valence-electron chi connectivity index (χ1n) is 8.19. The van der Waals surface area contributed by atoms with Gasteiger partial charge >= 0.3 is 0 Å². The molecule has 1 heterocycles. The van der Waals surface area contributed by atoms with Gasteiger partial charge in [0.2, 0.25) is 0 Å². The van der Waals surface area contributed by atoms with Crippen molar-refractivity contribution in [3.63, 3.8) is 0 Å². The molecule has 0 saturated heterocycles. The lowest BCUT2D eigenvalue weighted by atomic mass is 9.92. The van der Waals surface area contributed by atoms with Crippen LogP contribution in [-0.4, -0.2) is 16.7 Å². The topological polar surface area (TPSA) is 45.1 Å². The quantitative estimate of drug-likeness (QED) is 0.775. The fourth-order valence-electron chi connectivity index (χ4n) is 3.72. The van der Waals surface area contributed by atoms with E-state index in [4.69, 9.17) is 0 Å². The molecular formula is C20H19FN2O. The Kier molecular flexibility index (Phi) is 3.79. The molecule has 0 fully saturated rings. The average molecular weight is 322 g/mol. The van der Waals surface area contributed by atoms with Gasteiger partial charge < -0.3 is 10.4 Å². The summed E-state index contributed by atoms with van der Waals surface area (Å²) in [5, 5.41) is 14.3. The zero-order valence-electron chi connectivity index (χ0n) is 13.3. The van der Waals surface area contributed by atoms with Gasteiger partial charge in [-0.2, -0.15) is 0 Å². The predicted molar refractivity (Wildman–Crippen MR) is 92.1 cm³/mol. The lowest BCUT2D eigenvalue weighted by Crippen LogP contribution is -2.43. The van der Waals surface area contributed by atoms with Crippen LogP contribution in [0.2, 0.25) is 0 Å². The maximum absolute atomic E-state index is 13.9. The normalized spacial score (nSPS) is 19.6. The second-order valence-electron chi connectivity index (χ2n) is 6.39. The molecule has 1 aliphatic carbocycles. The van der Waals surface area contributed by atoms with Crippen molar-refractivity contribution in [2.24, 2.45) is 0 Å². The zero-order chi connectivity index (χ0) is 16.6. The molecule has 122 valence electrons. The summed E-state index contributed by atoms with van der Waals surface area (Å²) in [7, 11) is 0. The van der Waals surface area contributed by atoms with Gasteiger partial charge in [-0.25, -0.2) is 4.39 Å². The number of aromatic nitrogens is 1. The Labute approximate surface area is 140 Å². The van der Waals surface area contributed by atoms with Crippen molar-refractivity contribution in [2.45, 2.75) is 24.9 Å². The van der Waals surface area contributed by atoms with E-state index in [1.165, 1.54) is 17.7 Å². The molecule has 24 heavy (non-hydrogen) atoms. The number of aliphatic hydroxyl groups is 1. The Hall–Kier alpha value is -2.30. The second kappa shape index (κ2) is 5.96. The summed E-state index contributed by atoms with van der Waals surface area (Å²) in [6, 6.07) is 14.9. The Morgan fingerprint density at radius 1 is 1.17 bits per heavy atom. The van der Waals surface area contributed by atoms with Crippen LogP contribution in [0.5, 0.6) is 0 Å². The van der Waals surface area contributed by atoms with Crippen LogP contribution in [-0.2, 0) is 18.5 Å². The smallest absolute Gasteiger partial charge is 0.124 e. The van der Waals surface area contributed by atoms with Gasteiger partial charge in [0.05, 0.1) is 17.7 Å². The molecule has 1 unspecified atom stereocenters. The number of pyridine rings is 1. The number of nitrogens with zero attached hydrogens (tertiary/aromatic N) is 1. The summed E-state index contributed by atoms with van der Waals surface area (Å²) >= 11 is 0. The summed E-state index contributed by atoms with van der Waals surface area (Å²) in [5.74, 6) is -0.267. The minimum Gasteiger partial charge on any atom is -0.394 e. The molecule has 3 nitrogen and oxygen atoms in total. The number of fused-ring (bicyclic) bond motifs is 2.